The second-order valence-electron chi connectivity index (χ2n) is 4.82. The van der Waals surface area contributed by atoms with E-state index < -0.39 is 5.82 Å². The molecular formula is C13H17FN2O2. The van der Waals surface area contributed by atoms with Crippen LogP contribution in [0.25, 0.3) is 0 Å². The lowest BCUT2D eigenvalue weighted by Gasteiger charge is -2.23. The third kappa shape index (κ3) is 2.79. The van der Waals surface area contributed by atoms with Gasteiger partial charge in [-0.25, -0.2) is 4.39 Å². The van der Waals surface area contributed by atoms with Gasteiger partial charge in [-0.1, -0.05) is 0 Å². The van der Waals surface area contributed by atoms with Crippen molar-refractivity contribution in [2.45, 2.75) is 25.4 Å². The van der Waals surface area contributed by atoms with E-state index in [1.807, 2.05) is 6.92 Å². The number of nitrogens with two attached hydrogens (primary N) is 1. The van der Waals surface area contributed by atoms with Crippen LogP contribution < -0.4 is 11.1 Å². The predicted octanol–water partition coefficient (Wildman–Crippen LogP) is 1.71. The Labute approximate surface area is 105 Å². The average Bonchev–Trinajstić information content (AvgIpc) is 2.77. The number of carbonyl (C=O) groups excluding carboxylic acids is 1. The minimum absolute atomic E-state index is 0.164. The Morgan fingerprint density at radius 3 is 3.06 bits per heavy atom. The number of hydrogen-bond acceptors (Lipinski definition) is 3. The lowest BCUT2D eigenvalue weighted by Crippen LogP contribution is -2.40. The number of halogens is 1. The van der Waals surface area contributed by atoms with Crippen LogP contribution in [0, 0.1) is 5.82 Å². The molecule has 1 unspecified atom stereocenters. The molecule has 1 aromatic rings. The van der Waals surface area contributed by atoms with Gasteiger partial charge in [-0.2, -0.15) is 0 Å². The molecule has 1 heterocycles. The van der Waals surface area contributed by atoms with Crippen LogP contribution in [0.3, 0.4) is 0 Å². The van der Waals surface area contributed by atoms with E-state index in [-0.39, 0.29) is 22.8 Å². The largest absolute Gasteiger partial charge is 0.398 e. The van der Waals surface area contributed by atoms with E-state index in [0.29, 0.717) is 13.2 Å². The van der Waals surface area contributed by atoms with Crippen molar-refractivity contribution < 1.29 is 13.9 Å². The monoisotopic (exact) mass is 252 g/mol. The van der Waals surface area contributed by atoms with Crippen LogP contribution in [0.5, 0.6) is 0 Å². The topological polar surface area (TPSA) is 64.4 Å². The molecular weight excluding hydrogens is 235 g/mol. The van der Waals surface area contributed by atoms with Gasteiger partial charge in [-0.3, -0.25) is 4.79 Å². The summed E-state index contributed by atoms with van der Waals surface area (Å²) in [4.78, 5) is 11.9. The van der Waals surface area contributed by atoms with Crippen LogP contribution >= 0.6 is 0 Å². The summed E-state index contributed by atoms with van der Waals surface area (Å²) >= 11 is 0. The molecule has 98 valence electrons. The summed E-state index contributed by atoms with van der Waals surface area (Å²) in [6.07, 6.45) is 1.90. The molecule has 0 radical (unpaired) electrons. The number of anilines is 1. The molecule has 1 amide bonds. The van der Waals surface area contributed by atoms with Crippen LogP contribution in [0.15, 0.2) is 18.2 Å². The maximum absolute atomic E-state index is 13.1. The fraction of sp³-hybridized carbons (Fsp3) is 0.462. The van der Waals surface area contributed by atoms with Gasteiger partial charge < -0.3 is 15.8 Å². The molecule has 1 aromatic carbocycles. The molecule has 2 rings (SSSR count). The van der Waals surface area contributed by atoms with Crippen molar-refractivity contribution in [3.05, 3.63) is 29.6 Å². The number of ether oxygens (including phenoxy) is 1. The Kier molecular flexibility index (Phi) is 3.52. The van der Waals surface area contributed by atoms with Gasteiger partial charge in [0.15, 0.2) is 0 Å². The van der Waals surface area contributed by atoms with E-state index in [0.717, 1.165) is 18.9 Å². The first-order valence-corrected chi connectivity index (χ1v) is 5.97. The smallest absolute Gasteiger partial charge is 0.253 e. The summed E-state index contributed by atoms with van der Waals surface area (Å²) in [6, 6.07) is 3.76. The minimum Gasteiger partial charge on any atom is -0.398 e. The number of amides is 1. The van der Waals surface area contributed by atoms with Crippen LogP contribution in [-0.4, -0.2) is 24.7 Å². The summed E-state index contributed by atoms with van der Waals surface area (Å²) in [5, 5.41) is 2.74. The molecule has 1 atom stereocenters. The Morgan fingerprint density at radius 2 is 2.39 bits per heavy atom. The van der Waals surface area contributed by atoms with Gasteiger partial charge in [0, 0.05) is 18.8 Å². The van der Waals surface area contributed by atoms with Crippen molar-refractivity contribution in [3.8, 4) is 0 Å². The zero-order chi connectivity index (χ0) is 13.2. The first kappa shape index (κ1) is 12.8. The predicted molar refractivity (Wildman–Crippen MR) is 66.7 cm³/mol. The van der Waals surface area contributed by atoms with Gasteiger partial charge in [-0.15, -0.1) is 0 Å². The standard InChI is InChI=1S/C13H17FN2O2/c1-13(5-2-6-18-13)8-16-12(17)10-7-9(14)3-4-11(10)15/h3-4,7H,2,5-6,8,15H2,1H3,(H,16,17). The SMILES string of the molecule is CC1(CNC(=O)c2cc(F)ccc2N)CCCO1. The third-order valence-corrected chi connectivity index (χ3v) is 3.18. The van der Waals surface area contributed by atoms with E-state index in [1.54, 1.807) is 0 Å². The number of benzene rings is 1. The number of nitrogen functional groups attached to an aromatic ring is 1. The fourth-order valence-electron chi connectivity index (χ4n) is 2.06. The first-order chi connectivity index (χ1) is 8.50. The molecule has 4 nitrogen and oxygen atoms in total. The quantitative estimate of drug-likeness (QED) is 0.805. The molecule has 5 heteroatoms. The minimum atomic E-state index is -0.474. The molecule has 18 heavy (non-hydrogen) atoms. The number of nitrogens with one attached hydrogen (secondary N) is 1. The van der Waals surface area contributed by atoms with E-state index in [2.05, 4.69) is 5.32 Å². The molecule has 0 bridgehead atoms. The lowest BCUT2D eigenvalue weighted by atomic mass is 10.0. The summed E-state index contributed by atoms with van der Waals surface area (Å²) in [5.74, 6) is -0.846. The first-order valence-electron chi connectivity index (χ1n) is 5.97. The summed E-state index contributed by atoms with van der Waals surface area (Å²) in [7, 11) is 0. The van der Waals surface area contributed by atoms with Gasteiger partial charge >= 0.3 is 0 Å². The zero-order valence-electron chi connectivity index (χ0n) is 10.3. The number of hydrogen-bond donors (Lipinski definition) is 2. The van der Waals surface area contributed by atoms with Gasteiger partial charge in [0.05, 0.1) is 11.2 Å². The van der Waals surface area contributed by atoms with E-state index in [9.17, 15) is 9.18 Å². The Hall–Kier alpha value is -1.62. The molecule has 3 N–H and O–H groups in total. The molecule has 0 saturated carbocycles. The van der Waals surface area contributed by atoms with Gasteiger partial charge in [-0.05, 0) is 38.0 Å². The normalized spacial score (nSPS) is 23.0. The van der Waals surface area contributed by atoms with Crippen LogP contribution in [-0.2, 0) is 4.74 Å². The van der Waals surface area contributed by atoms with Gasteiger partial charge in [0.1, 0.15) is 5.82 Å². The second kappa shape index (κ2) is 4.94. The highest BCUT2D eigenvalue weighted by atomic mass is 19.1. The fourth-order valence-corrected chi connectivity index (χ4v) is 2.06. The molecule has 0 spiro atoms. The van der Waals surface area contributed by atoms with Crippen molar-refractivity contribution in [2.24, 2.45) is 0 Å². The van der Waals surface area contributed by atoms with Crippen molar-refractivity contribution >= 4 is 11.6 Å². The molecule has 1 aliphatic heterocycles. The summed E-state index contributed by atoms with van der Waals surface area (Å²) in [6.45, 7) is 3.07. The Bertz CT molecular complexity index is 456. The Balaban J connectivity index is 2.01. The zero-order valence-corrected chi connectivity index (χ0v) is 10.3. The molecule has 0 aromatic heterocycles. The maximum atomic E-state index is 13.1. The number of carbonyl (C=O) groups is 1. The van der Waals surface area contributed by atoms with E-state index >= 15 is 0 Å². The highest BCUT2D eigenvalue weighted by Crippen LogP contribution is 2.24. The summed E-state index contributed by atoms with van der Waals surface area (Å²) < 4.78 is 18.6. The third-order valence-electron chi connectivity index (χ3n) is 3.18. The van der Waals surface area contributed by atoms with Crippen molar-refractivity contribution in [1.82, 2.24) is 5.32 Å². The highest BCUT2D eigenvalue weighted by molar-refractivity contribution is 5.99. The van der Waals surface area contributed by atoms with Crippen molar-refractivity contribution in [3.63, 3.8) is 0 Å². The van der Waals surface area contributed by atoms with Crippen LogP contribution in [0.4, 0.5) is 10.1 Å². The molecule has 1 saturated heterocycles. The van der Waals surface area contributed by atoms with E-state index in [4.69, 9.17) is 10.5 Å². The summed E-state index contributed by atoms with van der Waals surface area (Å²) in [5.41, 5.74) is 5.76. The van der Waals surface area contributed by atoms with Crippen LogP contribution in [0.1, 0.15) is 30.1 Å². The van der Waals surface area contributed by atoms with Crippen LogP contribution in [0.2, 0.25) is 0 Å². The average molecular weight is 252 g/mol. The number of rotatable bonds is 3. The molecule has 1 aliphatic rings. The lowest BCUT2D eigenvalue weighted by molar-refractivity contribution is 0.0206. The second-order valence-corrected chi connectivity index (χ2v) is 4.82. The van der Waals surface area contributed by atoms with E-state index in [1.165, 1.54) is 12.1 Å². The molecule has 0 aliphatic carbocycles. The van der Waals surface area contributed by atoms with Gasteiger partial charge in [0.2, 0.25) is 0 Å². The van der Waals surface area contributed by atoms with Crippen molar-refractivity contribution in [1.29, 1.82) is 0 Å². The van der Waals surface area contributed by atoms with Crippen molar-refractivity contribution in [2.75, 3.05) is 18.9 Å². The molecule has 1 fully saturated rings. The van der Waals surface area contributed by atoms with Gasteiger partial charge in [0.25, 0.3) is 5.91 Å². The maximum Gasteiger partial charge on any atom is 0.253 e. The highest BCUT2D eigenvalue weighted by Gasteiger charge is 2.30. The Morgan fingerprint density at radius 1 is 1.61 bits per heavy atom.